The smallest absolute Gasteiger partial charge is 0.222 e. The fourth-order valence-corrected chi connectivity index (χ4v) is 2.02. The number of hydrogen-bond donors (Lipinski definition) is 1. The first kappa shape index (κ1) is 14.3. The summed E-state index contributed by atoms with van der Waals surface area (Å²) in [5, 5.41) is 3.09. The van der Waals surface area contributed by atoms with Crippen LogP contribution in [0.25, 0.3) is 0 Å². The lowest BCUT2D eigenvalue weighted by Gasteiger charge is -2.17. The van der Waals surface area contributed by atoms with Crippen molar-refractivity contribution in [2.24, 2.45) is 0 Å². The topological polar surface area (TPSA) is 47.0 Å². The highest BCUT2D eigenvalue weighted by Gasteiger charge is 2.14. The molecule has 1 aromatic carbocycles. The molecule has 0 amide bonds. The molecule has 106 valence electrons. The Bertz CT molecular complexity index is 569. The molecule has 0 fully saturated rings. The number of benzene rings is 1. The lowest BCUT2D eigenvalue weighted by atomic mass is 10.1. The van der Waals surface area contributed by atoms with Crippen molar-refractivity contribution in [1.29, 1.82) is 0 Å². The average molecular weight is 271 g/mol. The maximum Gasteiger partial charge on any atom is 0.222 e. The third-order valence-corrected chi connectivity index (χ3v) is 3.26. The van der Waals surface area contributed by atoms with E-state index in [1.165, 1.54) is 0 Å². The summed E-state index contributed by atoms with van der Waals surface area (Å²) in [7, 11) is 1.86. The second-order valence-corrected chi connectivity index (χ2v) is 4.69. The molecule has 0 aliphatic rings. The van der Waals surface area contributed by atoms with Gasteiger partial charge in [-0.2, -0.15) is 4.98 Å². The van der Waals surface area contributed by atoms with Gasteiger partial charge in [-0.25, -0.2) is 4.98 Å². The molecule has 1 aromatic heterocycles. The lowest BCUT2D eigenvalue weighted by Crippen LogP contribution is -2.09. The second kappa shape index (κ2) is 6.37. The Morgan fingerprint density at radius 3 is 2.50 bits per heavy atom. The van der Waals surface area contributed by atoms with Crippen molar-refractivity contribution in [2.75, 3.05) is 12.4 Å². The molecule has 1 N–H and O–H groups in total. The lowest BCUT2D eigenvalue weighted by molar-refractivity contribution is 0.215. The van der Waals surface area contributed by atoms with Gasteiger partial charge in [-0.3, -0.25) is 0 Å². The third-order valence-electron chi connectivity index (χ3n) is 3.26. The standard InChI is InChI=1S/C16H21N3O/c1-5-14-18-15(17-4)11(2)16(19-14)20-12(3)13-9-7-6-8-10-13/h6-10,12H,5H2,1-4H3,(H,17,18,19). The molecule has 0 aliphatic carbocycles. The van der Waals surface area contributed by atoms with Crippen LogP contribution < -0.4 is 10.1 Å². The Hall–Kier alpha value is -2.10. The van der Waals surface area contributed by atoms with Gasteiger partial charge in [-0.05, 0) is 19.4 Å². The van der Waals surface area contributed by atoms with E-state index in [0.717, 1.165) is 29.2 Å². The largest absolute Gasteiger partial charge is 0.469 e. The van der Waals surface area contributed by atoms with E-state index in [9.17, 15) is 0 Å². The molecule has 0 radical (unpaired) electrons. The fourth-order valence-electron chi connectivity index (χ4n) is 2.02. The molecule has 0 saturated heterocycles. The van der Waals surface area contributed by atoms with Gasteiger partial charge < -0.3 is 10.1 Å². The van der Waals surface area contributed by atoms with Gasteiger partial charge in [0.2, 0.25) is 5.88 Å². The van der Waals surface area contributed by atoms with Gasteiger partial charge >= 0.3 is 0 Å². The quantitative estimate of drug-likeness (QED) is 0.903. The van der Waals surface area contributed by atoms with Gasteiger partial charge in [0.15, 0.2) is 0 Å². The Kier molecular flexibility index (Phi) is 4.56. The van der Waals surface area contributed by atoms with Crippen LogP contribution in [-0.2, 0) is 6.42 Å². The number of ether oxygens (including phenoxy) is 1. The highest BCUT2D eigenvalue weighted by Crippen LogP contribution is 2.26. The predicted molar refractivity (Wildman–Crippen MR) is 81.2 cm³/mol. The van der Waals surface area contributed by atoms with Crippen LogP contribution in [0.3, 0.4) is 0 Å². The zero-order valence-electron chi connectivity index (χ0n) is 12.5. The van der Waals surface area contributed by atoms with E-state index < -0.39 is 0 Å². The van der Waals surface area contributed by atoms with E-state index in [1.807, 2.05) is 46.0 Å². The van der Waals surface area contributed by atoms with Gasteiger partial charge in [0, 0.05) is 13.5 Å². The summed E-state index contributed by atoms with van der Waals surface area (Å²) in [6.45, 7) is 6.04. The number of aromatic nitrogens is 2. The molecule has 1 heterocycles. The molecular weight excluding hydrogens is 250 g/mol. The number of nitrogens with one attached hydrogen (secondary N) is 1. The first-order chi connectivity index (χ1) is 9.65. The second-order valence-electron chi connectivity index (χ2n) is 4.69. The molecule has 0 spiro atoms. The SMILES string of the molecule is CCc1nc(NC)c(C)c(OC(C)c2ccccc2)n1. The van der Waals surface area contributed by atoms with Crippen LogP contribution in [0.15, 0.2) is 30.3 Å². The Balaban J connectivity index is 2.28. The van der Waals surface area contributed by atoms with Crippen LogP contribution in [0, 0.1) is 6.92 Å². The molecule has 1 unspecified atom stereocenters. The summed E-state index contributed by atoms with van der Waals surface area (Å²) in [6, 6.07) is 10.1. The highest BCUT2D eigenvalue weighted by atomic mass is 16.5. The summed E-state index contributed by atoms with van der Waals surface area (Å²) < 4.78 is 6.03. The van der Waals surface area contributed by atoms with Crippen LogP contribution in [0.2, 0.25) is 0 Å². The molecule has 0 aliphatic heterocycles. The Morgan fingerprint density at radius 2 is 1.90 bits per heavy atom. The molecule has 2 aromatic rings. The minimum Gasteiger partial charge on any atom is -0.469 e. The van der Waals surface area contributed by atoms with E-state index in [0.29, 0.717) is 5.88 Å². The van der Waals surface area contributed by atoms with E-state index in [4.69, 9.17) is 4.74 Å². The number of anilines is 1. The van der Waals surface area contributed by atoms with Crippen LogP contribution in [0.1, 0.15) is 36.9 Å². The first-order valence-electron chi connectivity index (χ1n) is 6.92. The maximum absolute atomic E-state index is 6.03. The number of nitrogens with zero attached hydrogens (tertiary/aromatic N) is 2. The van der Waals surface area contributed by atoms with Crippen LogP contribution in [-0.4, -0.2) is 17.0 Å². The normalized spacial score (nSPS) is 12.0. The minimum atomic E-state index is -0.0424. The number of rotatable bonds is 5. The number of hydrogen-bond acceptors (Lipinski definition) is 4. The molecular formula is C16H21N3O. The zero-order valence-corrected chi connectivity index (χ0v) is 12.5. The fraction of sp³-hybridized carbons (Fsp3) is 0.375. The molecule has 4 nitrogen and oxygen atoms in total. The predicted octanol–water partition coefficient (Wildman–Crippen LogP) is 3.53. The summed E-state index contributed by atoms with van der Waals surface area (Å²) in [5.74, 6) is 2.26. The van der Waals surface area contributed by atoms with E-state index in [1.54, 1.807) is 0 Å². The van der Waals surface area contributed by atoms with Crippen molar-refractivity contribution in [3.05, 3.63) is 47.3 Å². The summed E-state index contributed by atoms with van der Waals surface area (Å²) >= 11 is 0. The van der Waals surface area contributed by atoms with Crippen LogP contribution in [0.5, 0.6) is 5.88 Å². The summed E-state index contributed by atoms with van der Waals surface area (Å²) in [6.07, 6.45) is 0.740. The monoisotopic (exact) mass is 271 g/mol. The van der Waals surface area contributed by atoms with Crippen molar-refractivity contribution in [3.63, 3.8) is 0 Å². The molecule has 0 bridgehead atoms. The van der Waals surface area contributed by atoms with E-state index >= 15 is 0 Å². The van der Waals surface area contributed by atoms with Gasteiger partial charge in [0.05, 0.1) is 5.56 Å². The van der Waals surface area contributed by atoms with Crippen molar-refractivity contribution in [1.82, 2.24) is 9.97 Å². The average Bonchev–Trinajstić information content (AvgIpc) is 2.50. The van der Waals surface area contributed by atoms with Gasteiger partial charge in [0.1, 0.15) is 17.7 Å². The molecule has 4 heteroatoms. The van der Waals surface area contributed by atoms with Crippen molar-refractivity contribution in [3.8, 4) is 5.88 Å². The maximum atomic E-state index is 6.03. The van der Waals surface area contributed by atoms with Crippen LogP contribution >= 0.6 is 0 Å². The molecule has 0 saturated carbocycles. The molecule has 1 atom stereocenters. The highest BCUT2D eigenvalue weighted by molar-refractivity contribution is 5.48. The van der Waals surface area contributed by atoms with Crippen molar-refractivity contribution in [2.45, 2.75) is 33.3 Å². The Morgan fingerprint density at radius 1 is 1.20 bits per heavy atom. The van der Waals surface area contributed by atoms with Crippen molar-refractivity contribution >= 4 is 5.82 Å². The molecule has 20 heavy (non-hydrogen) atoms. The third kappa shape index (κ3) is 3.07. The van der Waals surface area contributed by atoms with Gasteiger partial charge in [-0.15, -0.1) is 0 Å². The first-order valence-corrected chi connectivity index (χ1v) is 6.92. The number of aryl methyl sites for hydroxylation is 1. The van der Waals surface area contributed by atoms with Crippen LogP contribution in [0.4, 0.5) is 5.82 Å². The van der Waals surface area contributed by atoms with E-state index in [2.05, 4.69) is 27.4 Å². The summed E-state index contributed by atoms with van der Waals surface area (Å²) in [4.78, 5) is 8.94. The van der Waals surface area contributed by atoms with Gasteiger partial charge in [-0.1, -0.05) is 37.3 Å². The summed E-state index contributed by atoms with van der Waals surface area (Å²) in [5.41, 5.74) is 2.07. The van der Waals surface area contributed by atoms with Crippen molar-refractivity contribution < 1.29 is 4.74 Å². The molecule has 2 rings (SSSR count). The minimum absolute atomic E-state index is 0.0424. The zero-order chi connectivity index (χ0) is 14.5. The van der Waals surface area contributed by atoms with E-state index in [-0.39, 0.29) is 6.10 Å². The van der Waals surface area contributed by atoms with Gasteiger partial charge in [0.25, 0.3) is 0 Å². The Labute approximate surface area is 120 Å².